The number of hydrogen-bond donors (Lipinski definition) is 2. The van der Waals surface area contributed by atoms with E-state index in [4.69, 9.17) is 5.73 Å². The van der Waals surface area contributed by atoms with E-state index in [0.29, 0.717) is 32.7 Å². The Labute approximate surface area is 203 Å². The second kappa shape index (κ2) is 7.59. The number of carbonyl (C=O) groups excluding carboxylic acids is 5. The number of benzene rings is 1. The van der Waals surface area contributed by atoms with Gasteiger partial charge in [-0.05, 0) is 65.2 Å². The molecule has 0 spiro atoms. The lowest BCUT2D eigenvalue weighted by Crippen LogP contribution is -2.42. The third-order valence-corrected chi connectivity index (χ3v) is 7.99. The number of fused-ring (bicyclic) bond motifs is 3. The number of nitrogens with two attached hydrogens (primary N) is 1. The minimum absolute atomic E-state index is 0.105. The summed E-state index contributed by atoms with van der Waals surface area (Å²) in [5.74, 6) is -4.54. The molecule has 1 aliphatic heterocycles. The van der Waals surface area contributed by atoms with E-state index >= 15 is 0 Å². The number of halogens is 1. The SMILES string of the molecule is Cc1cc(C2C3=CCC4C(=O)N(C(N)=O)C(=O)C4C3CC3=C2C(=O)C=C(Br)C3=O)cc(C)c1O. The van der Waals surface area contributed by atoms with Crippen LogP contribution in [0.1, 0.15) is 35.4 Å². The van der Waals surface area contributed by atoms with Gasteiger partial charge in [0.25, 0.3) is 0 Å². The number of carbonyl (C=O) groups is 5. The van der Waals surface area contributed by atoms with E-state index in [2.05, 4.69) is 15.9 Å². The zero-order chi connectivity index (χ0) is 24.6. The molecule has 4 amide bonds. The van der Waals surface area contributed by atoms with Crippen LogP contribution in [0.3, 0.4) is 0 Å². The number of likely N-dealkylation sites (tertiary alicyclic amines) is 1. The second-order valence-electron chi connectivity index (χ2n) is 9.25. The van der Waals surface area contributed by atoms with E-state index in [1.807, 2.05) is 6.08 Å². The van der Waals surface area contributed by atoms with Crippen LogP contribution in [0.4, 0.5) is 4.79 Å². The molecule has 4 atom stereocenters. The van der Waals surface area contributed by atoms with Crippen molar-refractivity contribution in [3.05, 3.63) is 62.2 Å². The molecule has 0 saturated carbocycles. The molecule has 34 heavy (non-hydrogen) atoms. The van der Waals surface area contributed by atoms with E-state index in [9.17, 15) is 29.1 Å². The Bertz CT molecular complexity index is 1310. The number of ketones is 2. The Morgan fingerprint density at radius 2 is 1.74 bits per heavy atom. The quantitative estimate of drug-likeness (QED) is 0.329. The highest BCUT2D eigenvalue weighted by molar-refractivity contribution is 9.12. The third kappa shape index (κ3) is 2.99. The third-order valence-electron chi connectivity index (χ3n) is 7.40. The van der Waals surface area contributed by atoms with E-state index in [0.717, 1.165) is 5.57 Å². The molecule has 0 radical (unpaired) electrons. The molecule has 8 nitrogen and oxygen atoms in total. The van der Waals surface area contributed by atoms with Gasteiger partial charge in [-0.25, -0.2) is 4.79 Å². The fraction of sp³-hybridized carbons (Fsp3) is 0.320. The number of aromatic hydroxyl groups is 1. The van der Waals surface area contributed by atoms with Gasteiger partial charge in [-0.1, -0.05) is 23.8 Å². The molecule has 1 heterocycles. The fourth-order valence-corrected chi connectivity index (χ4v) is 6.41. The van der Waals surface area contributed by atoms with E-state index < -0.39 is 41.5 Å². The average molecular weight is 525 g/mol. The maximum atomic E-state index is 13.2. The number of imide groups is 3. The van der Waals surface area contributed by atoms with E-state index in [-0.39, 0.29) is 34.6 Å². The van der Waals surface area contributed by atoms with Crippen molar-refractivity contribution in [2.45, 2.75) is 32.6 Å². The Morgan fingerprint density at radius 1 is 1.09 bits per heavy atom. The van der Waals surface area contributed by atoms with Crippen molar-refractivity contribution in [1.29, 1.82) is 0 Å². The van der Waals surface area contributed by atoms with Crippen LogP contribution in [0.2, 0.25) is 0 Å². The molecule has 1 aromatic rings. The molecule has 3 N–H and O–H groups in total. The Morgan fingerprint density at radius 3 is 2.35 bits per heavy atom. The van der Waals surface area contributed by atoms with Crippen molar-refractivity contribution in [2.24, 2.45) is 23.5 Å². The largest absolute Gasteiger partial charge is 0.507 e. The number of primary amides is 1. The zero-order valence-corrected chi connectivity index (χ0v) is 20.0. The van der Waals surface area contributed by atoms with Crippen molar-refractivity contribution in [3.8, 4) is 5.75 Å². The summed E-state index contributed by atoms with van der Waals surface area (Å²) in [5.41, 5.74) is 8.68. The number of hydrogen-bond acceptors (Lipinski definition) is 6. The number of phenolic OH excluding ortho intramolecular Hbond substituents is 1. The maximum absolute atomic E-state index is 13.2. The number of Topliss-reactive ketones (excluding diaryl/α,β-unsaturated/α-hetero) is 1. The van der Waals surface area contributed by atoms with Gasteiger partial charge in [0, 0.05) is 23.1 Å². The number of amides is 4. The smallest absolute Gasteiger partial charge is 0.328 e. The molecule has 3 aliphatic carbocycles. The van der Waals surface area contributed by atoms with Crippen molar-refractivity contribution < 1.29 is 29.1 Å². The van der Waals surface area contributed by atoms with Crippen LogP contribution in [0, 0.1) is 31.6 Å². The van der Waals surface area contributed by atoms with Crippen LogP contribution in [-0.4, -0.2) is 39.4 Å². The standard InChI is InChI=1S/C25H21BrN2O6/c1-9-5-11(6-10(2)21(9)30)18-12-3-4-13-19(24(33)28(23(13)32)25(27)34)14(12)7-15-20(18)17(29)8-16(26)22(15)31/h3,5-6,8,13-14,18-19,30H,4,7H2,1-2H3,(H2,27,34). The number of nitrogens with zero attached hydrogens (tertiary/aromatic N) is 1. The normalized spacial score (nSPS) is 28.4. The van der Waals surface area contributed by atoms with Crippen molar-refractivity contribution >= 4 is 45.3 Å². The summed E-state index contributed by atoms with van der Waals surface area (Å²) >= 11 is 3.18. The summed E-state index contributed by atoms with van der Waals surface area (Å²) in [6.07, 6.45) is 3.45. The van der Waals surface area contributed by atoms with Gasteiger partial charge in [-0.2, -0.15) is 4.90 Å². The first kappa shape index (κ1) is 22.5. The number of rotatable bonds is 1. The predicted molar refractivity (Wildman–Crippen MR) is 124 cm³/mol. The van der Waals surface area contributed by atoms with Gasteiger partial charge in [-0.15, -0.1) is 0 Å². The Balaban J connectivity index is 1.72. The van der Waals surface area contributed by atoms with Crippen LogP contribution in [-0.2, 0) is 19.2 Å². The molecular weight excluding hydrogens is 504 g/mol. The fourth-order valence-electron chi connectivity index (χ4n) is 5.96. The van der Waals surface area contributed by atoms with Crippen LogP contribution in [0.25, 0.3) is 0 Å². The minimum atomic E-state index is -1.11. The van der Waals surface area contributed by atoms with Crippen LogP contribution < -0.4 is 5.73 Å². The lowest BCUT2D eigenvalue weighted by atomic mass is 9.59. The predicted octanol–water partition coefficient (Wildman–Crippen LogP) is 2.85. The van der Waals surface area contributed by atoms with Crippen molar-refractivity contribution in [3.63, 3.8) is 0 Å². The summed E-state index contributed by atoms with van der Waals surface area (Å²) < 4.78 is 0.139. The van der Waals surface area contributed by atoms with Gasteiger partial charge in [0.15, 0.2) is 11.6 Å². The number of aryl methyl sites for hydroxylation is 2. The molecule has 1 saturated heterocycles. The van der Waals surface area contributed by atoms with Crippen LogP contribution in [0.5, 0.6) is 5.75 Å². The van der Waals surface area contributed by atoms with E-state index in [1.54, 1.807) is 26.0 Å². The van der Waals surface area contributed by atoms with Gasteiger partial charge in [0.1, 0.15) is 5.75 Å². The topological polar surface area (TPSA) is 135 Å². The summed E-state index contributed by atoms with van der Waals surface area (Å²) in [5, 5.41) is 10.3. The highest BCUT2D eigenvalue weighted by Crippen LogP contribution is 2.55. The molecule has 1 aromatic carbocycles. The van der Waals surface area contributed by atoms with Crippen molar-refractivity contribution in [1.82, 2.24) is 4.90 Å². The zero-order valence-electron chi connectivity index (χ0n) is 18.4. The number of urea groups is 1. The molecule has 1 fully saturated rings. The van der Waals surface area contributed by atoms with Crippen LogP contribution in [0.15, 0.2) is 45.5 Å². The van der Waals surface area contributed by atoms with Gasteiger partial charge in [0.2, 0.25) is 11.8 Å². The lowest BCUT2D eigenvalue weighted by Gasteiger charge is -2.42. The van der Waals surface area contributed by atoms with Gasteiger partial charge < -0.3 is 10.8 Å². The lowest BCUT2D eigenvalue weighted by molar-refractivity contribution is -0.136. The van der Waals surface area contributed by atoms with Crippen molar-refractivity contribution in [2.75, 3.05) is 0 Å². The molecule has 0 aromatic heterocycles. The van der Waals surface area contributed by atoms with Gasteiger partial charge in [-0.3, -0.25) is 19.2 Å². The van der Waals surface area contributed by atoms with Gasteiger partial charge in [0.05, 0.1) is 16.3 Å². The molecule has 9 heteroatoms. The second-order valence-corrected chi connectivity index (χ2v) is 10.1. The average Bonchev–Trinajstić information content (AvgIpc) is 3.04. The molecule has 4 unspecified atom stereocenters. The van der Waals surface area contributed by atoms with Crippen LogP contribution >= 0.6 is 15.9 Å². The first-order valence-corrected chi connectivity index (χ1v) is 11.7. The molecular formula is C25H21BrN2O6. The summed E-state index contributed by atoms with van der Waals surface area (Å²) in [6, 6.07) is 2.43. The first-order chi connectivity index (χ1) is 16.0. The highest BCUT2D eigenvalue weighted by Gasteiger charge is 2.57. The molecule has 4 aliphatic rings. The highest BCUT2D eigenvalue weighted by atomic mass is 79.9. The molecule has 0 bridgehead atoms. The molecule has 174 valence electrons. The Kier molecular flexibility index (Phi) is 5.02. The monoisotopic (exact) mass is 524 g/mol. The summed E-state index contributed by atoms with van der Waals surface area (Å²) in [4.78, 5) is 64.6. The molecule has 5 rings (SSSR count). The minimum Gasteiger partial charge on any atom is -0.507 e. The Hall–Kier alpha value is -3.33. The first-order valence-electron chi connectivity index (χ1n) is 10.9. The number of allylic oxidation sites excluding steroid dienone is 6. The summed E-state index contributed by atoms with van der Waals surface area (Å²) in [6.45, 7) is 3.50. The number of phenols is 1. The van der Waals surface area contributed by atoms with Gasteiger partial charge >= 0.3 is 6.03 Å². The maximum Gasteiger partial charge on any atom is 0.328 e. The summed E-state index contributed by atoms with van der Waals surface area (Å²) in [7, 11) is 0. The van der Waals surface area contributed by atoms with E-state index in [1.165, 1.54) is 6.08 Å².